The minimum Gasteiger partial charge on any atom is -0.497 e. The van der Waals surface area contributed by atoms with E-state index in [9.17, 15) is 18.8 Å². The van der Waals surface area contributed by atoms with Crippen molar-refractivity contribution in [2.45, 2.75) is 63.4 Å². The Balaban J connectivity index is 1.33. The van der Waals surface area contributed by atoms with Crippen molar-refractivity contribution in [2.24, 2.45) is 23.7 Å². The molecule has 0 aromatic heterocycles. The number of fused-ring (bicyclic) bond motifs is 1. The summed E-state index contributed by atoms with van der Waals surface area (Å²) in [6, 6.07) is 10.3. The molecule has 8 nitrogen and oxygen atoms in total. The van der Waals surface area contributed by atoms with Gasteiger partial charge in [0.2, 0.25) is 17.7 Å². The first-order valence-corrected chi connectivity index (χ1v) is 14.9. The lowest BCUT2D eigenvalue weighted by Crippen LogP contribution is -2.57. The fourth-order valence-corrected chi connectivity index (χ4v) is 7.43. The Morgan fingerprint density at radius 2 is 1.98 bits per heavy atom. The van der Waals surface area contributed by atoms with Gasteiger partial charge in [0.1, 0.15) is 23.2 Å². The van der Waals surface area contributed by atoms with E-state index in [1.807, 2.05) is 24.3 Å². The van der Waals surface area contributed by atoms with Crippen LogP contribution in [0.4, 0.5) is 10.1 Å². The molecule has 42 heavy (non-hydrogen) atoms. The number of carbonyl (C=O) groups excluding carboxylic acids is 3. The Hall–Kier alpha value is -3.43. The molecule has 6 rings (SSSR count). The average Bonchev–Trinajstić information content (AvgIpc) is 3.61. The smallest absolute Gasteiger partial charge is 0.246 e. The number of nitrogens with zero attached hydrogens (tertiary/aromatic N) is 1. The first-order chi connectivity index (χ1) is 20.1. The number of nitrogens with one attached hydrogen (secondary N) is 2. The lowest BCUT2D eigenvalue weighted by Gasteiger charge is -2.38. The molecule has 3 aliphatic heterocycles. The molecule has 1 aliphatic carbocycles. The SMILES string of the molecule is COc1cccc(CN2C(=O)[C@@H]3[C@H](C(=O)Nc4ccc(F)c(Cl)c4)[C@@H]4C=C[C@@]3(O4)[C@@H]2C(=O)N[C@@H]2CCC[C@@H](C)[C@@H]2C)c1. The van der Waals surface area contributed by atoms with Crippen LogP contribution in [-0.2, 0) is 25.7 Å². The Morgan fingerprint density at radius 1 is 1.17 bits per heavy atom. The predicted molar refractivity (Wildman–Crippen MR) is 155 cm³/mol. The Morgan fingerprint density at radius 3 is 2.74 bits per heavy atom. The van der Waals surface area contributed by atoms with Crippen LogP contribution in [0.2, 0.25) is 5.02 Å². The second kappa shape index (κ2) is 11.0. The van der Waals surface area contributed by atoms with Gasteiger partial charge in [0.05, 0.1) is 30.1 Å². The highest BCUT2D eigenvalue weighted by Crippen LogP contribution is 2.55. The highest BCUT2D eigenvalue weighted by atomic mass is 35.5. The second-order valence-electron chi connectivity index (χ2n) is 12.0. The number of ether oxygens (including phenoxy) is 2. The number of likely N-dealkylation sites (tertiary alicyclic amines) is 1. The summed E-state index contributed by atoms with van der Waals surface area (Å²) >= 11 is 5.93. The zero-order valence-corrected chi connectivity index (χ0v) is 24.6. The van der Waals surface area contributed by atoms with Crippen molar-refractivity contribution >= 4 is 35.0 Å². The maximum atomic E-state index is 14.3. The fourth-order valence-electron chi connectivity index (χ4n) is 7.25. The van der Waals surface area contributed by atoms with Crippen molar-refractivity contribution in [1.82, 2.24) is 10.2 Å². The van der Waals surface area contributed by atoms with Crippen LogP contribution < -0.4 is 15.4 Å². The summed E-state index contributed by atoms with van der Waals surface area (Å²) in [4.78, 5) is 43.7. The van der Waals surface area contributed by atoms with Crippen molar-refractivity contribution < 1.29 is 28.2 Å². The van der Waals surface area contributed by atoms with Crippen LogP contribution in [0, 0.1) is 29.5 Å². The quantitative estimate of drug-likeness (QED) is 0.452. The van der Waals surface area contributed by atoms with Crippen LogP contribution >= 0.6 is 11.6 Å². The summed E-state index contributed by atoms with van der Waals surface area (Å²) in [6.45, 7) is 4.50. The Labute approximate surface area is 249 Å². The van der Waals surface area contributed by atoms with Crippen LogP contribution in [0.15, 0.2) is 54.6 Å². The van der Waals surface area contributed by atoms with E-state index in [1.165, 1.54) is 18.2 Å². The van der Waals surface area contributed by atoms with Crippen LogP contribution in [0.5, 0.6) is 5.75 Å². The molecule has 3 fully saturated rings. The van der Waals surface area contributed by atoms with E-state index in [0.29, 0.717) is 17.4 Å². The Kier molecular flexibility index (Phi) is 7.51. The summed E-state index contributed by atoms with van der Waals surface area (Å²) in [7, 11) is 1.57. The van der Waals surface area contributed by atoms with E-state index < -0.39 is 41.3 Å². The van der Waals surface area contributed by atoms with Crippen molar-refractivity contribution in [2.75, 3.05) is 12.4 Å². The molecule has 2 saturated heterocycles. The third-order valence-corrected chi connectivity index (χ3v) is 9.92. The molecule has 2 aromatic carbocycles. The molecule has 10 heteroatoms. The van der Waals surface area contributed by atoms with Gasteiger partial charge in [-0.2, -0.15) is 0 Å². The van der Waals surface area contributed by atoms with Gasteiger partial charge in [-0.3, -0.25) is 14.4 Å². The van der Waals surface area contributed by atoms with Gasteiger partial charge in [-0.05, 0) is 54.2 Å². The lowest BCUT2D eigenvalue weighted by atomic mass is 9.73. The maximum Gasteiger partial charge on any atom is 0.246 e. The molecule has 3 heterocycles. The van der Waals surface area contributed by atoms with Gasteiger partial charge in [-0.15, -0.1) is 0 Å². The van der Waals surface area contributed by atoms with Gasteiger partial charge in [0, 0.05) is 18.3 Å². The third kappa shape index (κ3) is 4.76. The molecule has 0 unspecified atom stereocenters. The van der Waals surface area contributed by atoms with E-state index in [4.69, 9.17) is 21.1 Å². The normalized spacial score (nSPS) is 33.0. The molecule has 8 atom stereocenters. The summed E-state index contributed by atoms with van der Waals surface area (Å²) in [5.41, 5.74) is -0.200. The van der Waals surface area contributed by atoms with Gasteiger partial charge in [0.25, 0.3) is 0 Å². The topological polar surface area (TPSA) is 97.0 Å². The van der Waals surface area contributed by atoms with Crippen molar-refractivity contribution in [1.29, 1.82) is 0 Å². The van der Waals surface area contributed by atoms with E-state index in [2.05, 4.69) is 24.5 Å². The minimum atomic E-state index is -1.29. The molecule has 3 amide bonds. The molecular formula is C32H35ClFN3O5. The molecule has 2 aromatic rings. The molecule has 2 bridgehead atoms. The van der Waals surface area contributed by atoms with Crippen LogP contribution in [-0.4, -0.2) is 53.5 Å². The summed E-state index contributed by atoms with van der Waals surface area (Å²) in [5, 5.41) is 5.91. The number of halogens is 2. The van der Waals surface area contributed by atoms with Crippen LogP contribution in [0.3, 0.4) is 0 Å². The number of methoxy groups -OCH3 is 1. The summed E-state index contributed by atoms with van der Waals surface area (Å²) in [5.74, 6) is -2.06. The highest BCUT2D eigenvalue weighted by molar-refractivity contribution is 6.31. The number of carbonyl (C=O) groups is 3. The van der Waals surface area contributed by atoms with Crippen molar-refractivity contribution in [3.05, 3.63) is 71.0 Å². The van der Waals surface area contributed by atoms with Crippen molar-refractivity contribution in [3.8, 4) is 5.75 Å². The third-order valence-electron chi connectivity index (χ3n) is 9.63. The molecule has 1 saturated carbocycles. The molecule has 1 spiro atoms. The van der Waals surface area contributed by atoms with Gasteiger partial charge in [-0.25, -0.2) is 4.39 Å². The van der Waals surface area contributed by atoms with Gasteiger partial charge in [-0.1, -0.05) is 62.6 Å². The molecular weight excluding hydrogens is 561 g/mol. The van der Waals surface area contributed by atoms with Gasteiger partial charge in [0.15, 0.2) is 0 Å². The minimum absolute atomic E-state index is 0.0182. The number of benzene rings is 2. The number of anilines is 1. The number of rotatable bonds is 7. The zero-order chi connectivity index (χ0) is 29.8. The average molecular weight is 596 g/mol. The standard InChI is InChI=1S/C32H35ClFN3O5/c1-17-6-4-9-24(18(17)2)36-30(39)28-32-13-12-25(42-32)26(29(38)35-20-10-11-23(34)22(33)15-20)27(32)31(40)37(28)16-19-7-5-8-21(14-19)41-3/h5,7-8,10-15,17-18,24-28H,4,6,9,16H2,1-3H3,(H,35,38)(H,36,39)/t17-,18+,24-,25+,26-,27+,28+,32+/m1/s1. The molecule has 222 valence electrons. The largest absolute Gasteiger partial charge is 0.497 e. The van der Waals surface area contributed by atoms with E-state index >= 15 is 0 Å². The second-order valence-corrected chi connectivity index (χ2v) is 12.4. The van der Waals surface area contributed by atoms with Gasteiger partial charge >= 0.3 is 0 Å². The molecule has 4 aliphatic rings. The number of hydrogen-bond donors (Lipinski definition) is 2. The van der Waals surface area contributed by atoms with E-state index in [-0.39, 0.29) is 35.3 Å². The fraction of sp³-hybridized carbons (Fsp3) is 0.469. The van der Waals surface area contributed by atoms with Crippen LogP contribution in [0.25, 0.3) is 0 Å². The highest BCUT2D eigenvalue weighted by Gasteiger charge is 2.72. The Bertz CT molecular complexity index is 1450. The monoisotopic (exact) mass is 595 g/mol. The predicted octanol–water partition coefficient (Wildman–Crippen LogP) is 4.72. The first-order valence-electron chi connectivity index (χ1n) is 14.5. The van der Waals surface area contributed by atoms with Crippen molar-refractivity contribution in [3.63, 3.8) is 0 Å². The maximum absolute atomic E-state index is 14.3. The molecule has 2 N–H and O–H groups in total. The number of amides is 3. The van der Waals surface area contributed by atoms with E-state index in [1.54, 1.807) is 24.2 Å². The molecule has 0 radical (unpaired) electrons. The number of hydrogen-bond acceptors (Lipinski definition) is 5. The summed E-state index contributed by atoms with van der Waals surface area (Å²) < 4.78 is 25.5. The zero-order valence-electron chi connectivity index (χ0n) is 23.8. The van der Waals surface area contributed by atoms with E-state index in [0.717, 1.165) is 24.8 Å². The van der Waals surface area contributed by atoms with Crippen LogP contribution in [0.1, 0.15) is 38.7 Å². The first kappa shape index (κ1) is 28.7. The lowest BCUT2D eigenvalue weighted by molar-refractivity contribution is -0.142. The summed E-state index contributed by atoms with van der Waals surface area (Å²) in [6.07, 6.45) is 5.89. The van der Waals surface area contributed by atoms with Gasteiger partial charge < -0.3 is 25.0 Å².